The van der Waals surface area contributed by atoms with Crippen LogP contribution in [0.3, 0.4) is 0 Å². The lowest BCUT2D eigenvalue weighted by atomic mass is 10.1. The molecule has 6 heteroatoms. The monoisotopic (exact) mass is 396 g/mol. The number of halogens is 2. The minimum absolute atomic E-state index is 0.00793. The highest BCUT2D eigenvalue weighted by Crippen LogP contribution is 2.23. The molecule has 0 saturated heterocycles. The molecule has 0 aliphatic heterocycles. The molecule has 0 saturated carbocycles. The third kappa shape index (κ3) is 5.38. The molecule has 3 aromatic rings. The highest BCUT2D eigenvalue weighted by atomic mass is 19.1. The minimum Gasteiger partial charge on any atom is -0.493 e. The molecule has 0 unspecified atom stereocenters. The Balaban J connectivity index is 1.75. The molecule has 150 valence electrons. The number of carbonyl (C=O) groups excluding carboxylic acids is 1. The molecule has 0 N–H and O–H groups in total. The van der Waals surface area contributed by atoms with E-state index in [0.717, 1.165) is 23.3 Å². The predicted octanol–water partition coefficient (Wildman–Crippen LogP) is 4.98. The van der Waals surface area contributed by atoms with Crippen molar-refractivity contribution < 1.29 is 18.3 Å². The lowest BCUT2D eigenvalue weighted by Crippen LogP contribution is -2.32. The van der Waals surface area contributed by atoms with Crippen molar-refractivity contribution >= 4 is 11.6 Å². The molecule has 0 fully saturated rings. The van der Waals surface area contributed by atoms with E-state index in [1.54, 1.807) is 24.4 Å². The van der Waals surface area contributed by atoms with Gasteiger partial charge in [0.05, 0.1) is 31.0 Å². The summed E-state index contributed by atoms with van der Waals surface area (Å²) < 4.78 is 33.4. The third-order valence-corrected chi connectivity index (χ3v) is 4.45. The van der Waals surface area contributed by atoms with Crippen molar-refractivity contribution in [3.8, 4) is 5.75 Å². The van der Waals surface area contributed by atoms with Crippen LogP contribution in [0.25, 0.3) is 0 Å². The van der Waals surface area contributed by atoms with E-state index in [2.05, 4.69) is 4.98 Å². The molecule has 0 atom stereocenters. The van der Waals surface area contributed by atoms with Gasteiger partial charge in [-0.25, -0.2) is 8.78 Å². The first-order chi connectivity index (χ1) is 13.9. The Hall–Kier alpha value is -3.28. The Morgan fingerprint density at radius 2 is 1.90 bits per heavy atom. The Morgan fingerprint density at radius 1 is 1.07 bits per heavy atom. The molecule has 1 heterocycles. The molecule has 1 amide bonds. The fourth-order valence-corrected chi connectivity index (χ4v) is 3.01. The number of aromatic nitrogens is 1. The quantitative estimate of drug-likeness (QED) is 0.566. The van der Waals surface area contributed by atoms with Crippen LogP contribution in [0, 0.1) is 25.5 Å². The fourth-order valence-electron chi connectivity index (χ4n) is 3.01. The average molecular weight is 396 g/mol. The zero-order chi connectivity index (χ0) is 20.8. The molecular formula is C23H22F2N2O2. The summed E-state index contributed by atoms with van der Waals surface area (Å²) in [5.41, 5.74) is 2.71. The van der Waals surface area contributed by atoms with Crippen LogP contribution in [0.4, 0.5) is 14.5 Å². The highest BCUT2D eigenvalue weighted by molar-refractivity contribution is 5.93. The predicted molar refractivity (Wildman–Crippen MR) is 108 cm³/mol. The largest absolute Gasteiger partial charge is 0.493 e. The number of amides is 1. The van der Waals surface area contributed by atoms with Crippen LogP contribution in [0.15, 0.2) is 60.8 Å². The van der Waals surface area contributed by atoms with E-state index in [9.17, 15) is 13.6 Å². The molecule has 1 aromatic heterocycles. The number of hydrogen-bond acceptors (Lipinski definition) is 3. The van der Waals surface area contributed by atoms with Crippen molar-refractivity contribution in [1.82, 2.24) is 4.98 Å². The first kappa shape index (κ1) is 20.5. The summed E-state index contributed by atoms with van der Waals surface area (Å²) in [7, 11) is 0. The van der Waals surface area contributed by atoms with Crippen LogP contribution in [0.2, 0.25) is 0 Å². The maximum Gasteiger partial charge on any atom is 0.230 e. The van der Waals surface area contributed by atoms with Crippen LogP contribution >= 0.6 is 0 Å². The van der Waals surface area contributed by atoms with Gasteiger partial charge in [-0.15, -0.1) is 0 Å². The lowest BCUT2D eigenvalue weighted by Gasteiger charge is -2.23. The molecule has 3 rings (SSSR count). The summed E-state index contributed by atoms with van der Waals surface area (Å²) in [5, 5.41) is 0. The molecule has 0 bridgehead atoms. The van der Waals surface area contributed by atoms with E-state index < -0.39 is 11.6 Å². The zero-order valence-corrected chi connectivity index (χ0v) is 16.4. The number of ether oxygens (including phenoxy) is 1. The fraction of sp³-hybridized carbons (Fsp3) is 0.217. The molecule has 29 heavy (non-hydrogen) atoms. The van der Waals surface area contributed by atoms with Crippen LogP contribution < -0.4 is 9.64 Å². The van der Waals surface area contributed by atoms with Crippen molar-refractivity contribution in [1.29, 1.82) is 0 Å². The van der Waals surface area contributed by atoms with Crippen LogP contribution in [0.1, 0.15) is 23.2 Å². The maximum absolute atomic E-state index is 14.4. The molecular weight excluding hydrogens is 374 g/mol. The van der Waals surface area contributed by atoms with Crippen LogP contribution in [-0.4, -0.2) is 17.5 Å². The van der Waals surface area contributed by atoms with Crippen LogP contribution in [-0.2, 0) is 11.3 Å². The van der Waals surface area contributed by atoms with Crippen molar-refractivity contribution in [3.63, 3.8) is 0 Å². The molecule has 0 radical (unpaired) electrons. The zero-order valence-electron chi connectivity index (χ0n) is 16.4. The van der Waals surface area contributed by atoms with Crippen molar-refractivity contribution in [2.24, 2.45) is 0 Å². The Bertz CT molecular complexity index is 993. The first-order valence-electron chi connectivity index (χ1n) is 9.29. The summed E-state index contributed by atoms with van der Waals surface area (Å²) in [6, 6.07) is 14.2. The molecule has 4 nitrogen and oxygen atoms in total. The van der Waals surface area contributed by atoms with E-state index in [1.165, 1.54) is 11.0 Å². The Kier molecular flexibility index (Phi) is 6.54. The van der Waals surface area contributed by atoms with Crippen molar-refractivity contribution in [3.05, 3.63) is 89.2 Å². The number of nitrogens with zero attached hydrogens (tertiary/aromatic N) is 2. The SMILES string of the molecule is Cc1ccc(OCCC(=O)N(Cc2ccccn2)c2ccc(F)cc2F)c(C)c1. The van der Waals surface area contributed by atoms with Gasteiger partial charge < -0.3 is 9.64 Å². The first-order valence-corrected chi connectivity index (χ1v) is 9.29. The van der Waals surface area contributed by atoms with Gasteiger partial charge in [0.2, 0.25) is 5.91 Å². The van der Waals surface area contributed by atoms with E-state index in [4.69, 9.17) is 4.74 Å². The summed E-state index contributed by atoms with van der Waals surface area (Å²) >= 11 is 0. The number of carbonyl (C=O) groups is 1. The number of hydrogen-bond donors (Lipinski definition) is 0. The van der Waals surface area contributed by atoms with Crippen LogP contribution in [0.5, 0.6) is 5.75 Å². The molecule has 0 spiro atoms. The Morgan fingerprint density at radius 3 is 2.59 bits per heavy atom. The Labute approximate surface area is 168 Å². The summed E-state index contributed by atoms with van der Waals surface area (Å²) in [6.07, 6.45) is 1.64. The van der Waals surface area contributed by atoms with Crippen molar-refractivity contribution in [2.75, 3.05) is 11.5 Å². The average Bonchev–Trinajstić information content (AvgIpc) is 2.69. The minimum atomic E-state index is -0.801. The van der Waals surface area contributed by atoms with Gasteiger partial charge in [0, 0.05) is 12.3 Å². The summed E-state index contributed by atoms with van der Waals surface area (Å²) in [4.78, 5) is 18.3. The lowest BCUT2D eigenvalue weighted by molar-refractivity contribution is -0.119. The van der Waals surface area contributed by atoms with Crippen molar-refractivity contribution in [2.45, 2.75) is 26.8 Å². The number of rotatable bonds is 7. The molecule has 2 aromatic carbocycles. The second-order valence-electron chi connectivity index (χ2n) is 6.76. The molecule has 0 aliphatic rings. The highest BCUT2D eigenvalue weighted by Gasteiger charge is 2.20. The van der Waals surface area contributed by atoms with E-state index in [1.807, 2.05) is 32.0 Å². The number of aryl methyl sites for hydroxylation is 2. The topological polar surface area (TPSA) is 42.4 Å². The second kappa shape index (κ2) is 9.28. The van der Waals surface area contributed by atoms with Gasteiger partial charge in [-0.3, -0.25) is 9.78 Å². The third-order valence-electron chi connectivity index (χ3n) is 4.45. The van der Waals surface area contributed by atoms with Gasteiger partial charge in [-0.2, -0.15) is 0 Å². The van der Waals surface area contributed by atoms with Gasteiger partial charge in [0.25, 0.3) is 0 Å². The van der Waals surface area contributed by atoms with Gasteiger partial charge in [-0.05, 0) is 49.7 Å². The number of pyridine rings is 1. The normalized spacial score (nSPS) is 10.6. The van der Waals surface area contributed by atoms with Gasteiger partial charge >= 0.3 is 0 Å². The molecule has 0 aliphatic carbocycles. The smallest absolute Gasteiger partial charge is 0.230 e. The van der Waals surface area contributed by atoms with Gasteiger partial charge in [0.1, 0.15) is 17.4 Å². The van der Waals surface area contributed by atoms with E-state index in [0.29, 0.717) is 11.4 Å². The van der Waals surface area contributed by atoms with Gasteiger partial charge in [0.15, 0.2) is 0 Å². The van der Waals surface area contributed by atoms with E-state index in [-0.39, 0.29) is 31.2 Å². The number of benzene rings is 2. The van der Waals surface area contributed by atoms with Gasteiger partial charge in [-0.1, -0.05) is 23.8 Å². The van der Waals surface area contributed by atoms with E-state index >= 15 is 0 Å². The number of anilines is 1. The summed E-state index contributed by atoms with van der Waals surface area (Å²) in [5.74, 6) is -1.14. The maximum atomic E-state index is 14.4. The summed E-state index contributed by atoms with van der Waals surface area (Å²) in [6.45, 7) is 4.15. The second-order valence-corrected chi connectivity index (χ2v) is 6.76. The standard InChI is InChI=1S/C23H22F2N2O2/c1-16-6-9-22(17(2)13-16)29-12-10-23(28)27(15-19-5-3-4-11-26-19)21-8-7-18(24)14-20(21)25/h3-9,11,13-14H,10,12,15H2,1-2H3.